The molecule has 3 aromatic rings. The molecule has 9 nitrogen and oxygen atoms in total. The van der Waals surface area contributed by atoms with Gasteiger partial charge < -0.3 is 14.7 Å². The summed E-state index contributed by atoms with van der Waals surface area (Å²) < 4.78 is 24.2. The number of nitrogens with zero attached hydrogens (tertiary/aromatic N) is 5. The summed E-state index contributed by atoms with van der Waals surface area (Å²) in [6.07, 6.45) is 3.49. The molecule has 2 saturated heterocycles. The van der Waals surface area contributed by atoms with Gasteiger partial charge in [0, 0.05) is 51.0 Å². The topological polar surface area (TPSA) is 124 Å². The van der Waals surface area contributed by atoms with Crippen LogP contribution in [-0.2, 0) is 16.4 Å². The average molecular weight is 601 g/mol. The number of primary sulfonamides is 1. The molecule has 43 heavy (non-hydrogen) atoms. The number of pyridine rings is 1. The second-order valence-corrected chi connectivity index (χ2v) is 13.5. The van der Waals surface area contributed by atoms with Gasteiger partial charge in [-0.1, -0.05) is 25.1 Å². The Kier molecular flexibility index (Phi) is 8.76. The van der Waals surface area contributed by atoms with Crippen LogP contribution >= 0.6 is 0 Å². The summed E-state index contributed by atoms with van der Waals surface area (Å²) in [5.74, 6) is 1.25. The lowest BCUT2D eigenvalue weighted by Crippen LogP contribution is -2.49. The van der Waals surface area contributed by atoms with Crippen molar-refractivity contribution in [3.05, 3.63) is 82.0 Å². The number of amides is 1. The smallest absolute Gasteiger partial charge is 0.254 e. The standard InChI is InChI=1S/C33H40N6O3S/c1-22-18-23(2)31(33(40)38-16-14-37(15-17-38)32-30(43(35,41)42)10-7-12-36-32)25(4)28(22)19-26-11-13-39(21-24(26)3)29-9-6-5-8-27(29)20-34/h5-10,12,18,24,26H,11,13-17,19,21H2,1-4H3,(H2,35,41,42)/t24-,26-/m1/s1. The van der Waals surface area contributed by atoms with Crippen LogP contribution < -0.4 is 14.9 Å². The van der Waals surface area contributed by atoms with E-state index in [9.17, 15) is 18.5 Å². The van der Waals surface area contributed by atoms with E-state index in [1.165, 1.54) is 17.2 Å². The van der Waals surface area contributed by atoms with E-state index in [-0.39, 0.29) is 10.8 Å². The maximum Gasteiger partial charge on any atom is 0.254 e. The zero-order chi connectivity index (χ0) is 30.9. The molecule has 1 amide bonds. The van der Waals surface area contributed by atoms with Gasteiger partial charge in [0.2, 0.25) is 10.0 Å². The number of benzene rings is 2. The van der Waals surface area contributed by atoms with Crippen LogP contribution in [0.25, 0.3) is 0 Å². The van der Waals surface area contributed by atoms with E-state index in [2.05, 4.69) is 42.8 Å². The number of nitrogens with two attached hydrogens (primary N) is 1. The molecule has 0 unspecified atom stereocenters. The second-order valence-electron chi connectivity index (χ2n) is 11.9. The van der Waals surface area contributed by atoms with Crippen LogP contribution in [0.1, 0.15) is 51.5 Å². The van der Waals surface area contributed by atoms with Crippen LogP contribution in [0, 0.1) is 43.9 Å². The third-order valence-corrected chi connectivity index (χ3v) is 10.1. The Bertz CT molecular complexity index is 1670. The fraction of sp³-hybridized carbons (Fsp3) is 0.424. The first-order chi connectivity index (χ1) is 20.5. The van der Waals surface area contributed by atoms with Crippen molar-refractivity contribution in [3.63, 3.8) is 0 Å². The molecule has 2 fully saturated rings. The number of sulfonamides is 1. The number of carbonyl (C=O) groups excluding carboxylic acids is 1. The minimum atomic E-state index is -3.91. The summed E-state index contributed by atoms with van der Waals surface area (Å²) in [7, 11) is -3.91. The van der Waals surface area contributed by atoms with Gasteiger partial charge in [-0.3, -0.25) is 4.79 Å². The van der Waals surface area contributed by atoms with Gasteiger partial charge in [-0.2, -0.15) is 5.26 Å². The van der Waals surface area contributed by atoms with Gasteiger partial charge in [-0.05, 0) is 92.0 Å². The Labute approximate surface area is 255 Å². The molecule has 10 heteroatoms. The number of aryl methyl sites for hydroxylation is 2. The number of nitriles is 1. The van der Waals surface area contributed by atoms with Gasteiger partial charge in [0.15, 0.2) is 0 Å². The highest BCUT2D eigenvalue weighted by Crippen LogP contribution is 2.34. The van der Waals surface area contributed by atoms with E-state index < -0.39 is 10.0 Å². The molecule has 0 radical (unpaired) electrons. The Morgan fingerprint density at radius 2 is 1.74 bits per heavy atom. The quantitative estimate of drug-likeness (QED) is 0.450. The van der Waals surface area contributed by atoms with Gasteiger partial charge in [0.25, 0.3) is 5.91 Å². The number of piperidine rings is 1. The third kappa shape index (κ3) is 6.24. The number of carbonyl (C=O) groups is 1. The number of piperazine rings is 1. The normalized spacial score (nSPS) is 19.3. The van der Waals surface area contributed by atoms with Gasteiger partial charge in [0.1, 0.15) is 16.8 Å². The zero-order valence-corrected chi connectivity index (χ0v) is 26.2. The van der Waals surface area contributed by atoms with Crippen LogP contribution in [0.4, 0.5) is 11.5 Å². The zero-order valence-electron chi connectivity index (χ0n) is 25.4. The first-order valence-electron chi connectivity index (χ1n) is 14.8. The van der Waals surface area contributed by atoms with Gasteiger partial charge in [0.05, 0.1) is 11.3 Å². The molecule has 0 spiro atoms. The summed E-state index contributed by atoms with van der Waals surface area (Å²) in [4.78, 5) is 24.3. The molecule has 0 aliphatic carbocycles. The Balaban J connectivity index is 1.30. The van der Waals surface area contributed by atoms with E-state index in [4.69, 9.17) is 5.14 Å². The van der Waals surface area contributed by atoms with Crippen molar-refractivity contribution >= 4 is 27.4 Å². The molecule has 2 aliphatic rings. The van der Waals surface area contributed by atoms with Gasteiger partial charge in [-0.25, -0.2) is 18.5 Å². The maximum atomic E-state index is 13.9. The highest BCUT2D eigenvalue weighted by molar-refractivity contribution is 7.89. The molecule has 2 atom stereocenters. The molecule has 1 aromatic heterocycles. The minimum Gasteiger partial charge on any atom is -0.370 e. The summed E-state index contributed by atoms with van der Waals surface area (Å²) >= 11 is 0. The van der Waals surface area contributed by atoms with E-state index in [0.717, 1.165) is 48.3 Å². The molecular formula is C33H40N6O3S. The number of anilines is 2. The monoisotopic (exact) mass is 600 g/mol. The minimum absolute atomic E-state index is 0.000948. The summed E-state index contributed by atoms with van der Waals surface area (Å²) in [6.45, 7) is 12.2. The molecule has 5 rings (SSSR count). The van der Waals surface area contributed by atoms with E-state index in [0.29, 0.717) is 49.4 Å². The molecule has 3 heterocycles. The van der Waals surface area contributed by atoms with Crippen LogP contribution in [0.15, 0.2) is 53.6 Å². The molecule has 0 bridgehead atoms. The fourth-order valence-corrected chi connectivity index (χ4v) is 7.52. The largest absolute Gasteiger partial charge is 0.370 e. The summed E-state index contributed by atoms with van der Waals surface area (Å²) in [5.41, 5.74) is 6.99. The number of hydrogen-bond donors (Lipinski definition) is 1. The van der Waals surface area contributed by atoms with Gasteiger partial charge >= 0.3 is 0 Å². The van der Waals surface area contributed by atoms with Crippen molar-refractivity contribution in [1.29, 1.82) is 5.26 Å². The van der Waals surface area contributed by atoms with Gasteiger partial charge in [-0.15, -0.1) is 0 Å². The number of aromatic nitrogens is 1. The Hall–Kier alpha value is -3.94. The fourth-order valence-electron chi connectivity index (χ4n) is 6.81. The molecule has 0 saturated carbocycles. The predicted octanol–water partition coefficient (Wildman–Crippen LogP) is 4.19. The van der Waals surface area contributed by atoms with Crippen LogP contribution in [0.3, 0.4) is 0 Å². The Morgan fingerprint density at radius 3 is 2.42 bits per heavy atom. The van der Waals surface area contributed by atoms with Crippen LogP contribution in [-0.4, -0.2) is 63.5 Å². The average Bonchev–Trinajstić information content (AvgIpc) is 2.99. The van der Waals surface area contributed by atoms with Crippen LogP contribution in [0.5, 0.6) is 0 Å². The number of para-hydroxylation sites is 1. The first-order valence-corrected chi connectivity index (χ1v) is 16.4. The van der Waals surface area contributed by atoms with Crippen molar-refractivity contribution in [2.24, 2.45) is 17.0 Å². The molecule has 2 N–H and O–H groups in total. The molecular weight excluding hydrogens is 560 g/mol. The van der Waals surface area contributed by atoms with E-state index in [1.54, 1.807) is 12.3 Å². The van der Waals surface area contributed by atoms with E-state index in [1.807, 2.05) is 41.0 Å². The molecule has 226 valence electrons. The molecule has 2 aliphatic heterocycles. The predicted molar refractivity (Wildman–Crippen MR) is 169 cm³/mol. The van der Waals surface area contributed by atoms with Crippen molar-refractivity contribution in [1.82, 2.24) is 9.88 Å². The van der Waals surface area contributed by atoms with Crippen molar-refractivity contribution < 1.29 is 13.2 Å². The highest BCUT2D eigenvalue weighted by atomic mass is 32.2. The number of rotatable bonds is 6. The van der Waals surface area contributed by atoms with E-state index >= 15 is 0 Å². The maximum absolute atomic E-state index is 13.9. The van der Waals surface area contributed by atoms with Crippen LogP contribution in [0.2, 0.25) is 0 Å². The number of hydrogen-bond acceptors (Lipinski definition) is 7. The molecule has 2 aromatic carbocycles. The lowest BCUT2D eigenvalue weighted by molar-refractivity contribution is 0.0744. The highest BCUT2D eigenvalue weighted by Gasteiger charge is 2.31. The van der Waals surface area contributed by atoms with Crippen molar-refractivity contribution in [3.8, 4) is 6.07 Å². The Morgan fingerprint density at radius 1 is 1.02 bits per heavy atom. The van der Waals surface area contributed by atoms with Crippen molar-refractivity contribution in [2.75, 3.05) is 49.1 Å². The third-order valence-electron chi connectivity index (χ3n) is 9.18. The lowest BCUT2D eigenvalue weighted by Gasteiger charge is -2.39. The second kappa shape index (κ2) is 12.3. The lowest BCUT2D eigenvalue weighted by atomic mass is 9.79. The SMILES string of the molecule is Cc1cc(C)c(C(=O)N2CCN(c3ncccc3S(N)(=O)=O)CC2)c(C)c1C[C@H]1CCN(c2ccccc2C#N)C[C@H]1C. The first kappa shape index (κ1) is 30.5. The summed E-state index contributed by atoms with van der Waals surface area (Å²) in [5, 5.41) is 15.0. The van der Waals surface area contributed by atoms with Crippen molar-refractivity contribution in [2.45, 2.75) is 45.4 Å². The summed E-state index contributed by atoms with van der Waals surface area (Å²) in [6, 6.07) is 15.3.